The quantitative estimate of drug-likeness (QED) is 0.456. The van der Waals surface area contributed by atoms with E-state index in [0.717, 1.165) is 30.5 Å². The lowest BCUT2D eigenvalue weighted by Gasteiger charge is -2.25. The molecule has 0 saturated carbocycles. The standard InChI is InChI=1S/C23H34NO/c1-19(2)18-20-12-14-22(15-13-20)23(21-10-7-6-8-11-21)25-17-9-16-24(3,4)5/h6-8,10-15,19,23H,9,16-18H2,1-5H3/q+1/t23-/m0/s1. The van der Waals surface area contributed by atoms with E-state index in [2.05, 4.69) is 89.6 Å². The molecule has 0 unspecified atom stereocenters. The summed E-state index contributed by atoms with van der Waals surface area (Å²) in [6, 6.07) is 19.5. The van der Waals surface area contributed by atoms with Crippen LogP contribution in [0.1, 0.15) is 43.1 Å². The highest BCUT2D eigenvalue weighted by molar-refractivity contribution is 5.32. The molecule has 2 aromatic carbocycles. The second-order valence-corrected chi connectivity index (χ2v) is 8.37. The molecule has 0 bridgehead atoms. The minimum Gasteiger partial charge on any atom is -0.369 e. The van der Waals surface area contributed by atoms with Crippen molar-refractivity contribution in [3.05, 3.63) is 71.3 Å². The van der Waals surface area contributed by atoms with Gasteiger partial charge in [-0.05, 0) is 29.0 Å². The molecular formula is C23H34NO+. The minimum absolute atomic E-state index is 0.0155. The zero-order valence-electron chi connectivity index (χ0n) is 16.5. The van der Waals surface area contributed by atoms with Crippen LogP contribution in [0.5, 0.6) is 0 Å². The third-order valence-corrected chi connectivity index (χ3v) is 4.29. The van der Waals surface area contributed by atoms with E-state index in [-0.39, 0.29) is 6.10 Å². The van der Waals surface area contributed by atoms with Gasteiger partial charge in [0, 0.05) is 6.42 Å². The van der Waals surface area contributed by atoms with E-state index in [1.807, 2.05) is 0 Å². The van der Waals surface area contributed by atoms with Gasteiger partial charge in [-0.3, -0.25) is 0 Å². The Labute approximate surface area is 154 Å². The molecule has 25 heavy (non-hydrogen) atoms. The summed E-state index contributed by atoms with van der Waals surface area (Å²) >= 11 is 0. The summed E-state index contributed by atoms with van der Waals surface area (Å²) in [7, 11) is 6.67. The molecule has 0 aliphatic carbocycles. The Morgan fingerprint density at radius 1 is 0.840 bits per heavy atom. The maximum absolute atomic E-state index is 6.32. The molecule has 0 amide bonds. The van der Waals surface area contributed by atoms with Crippen molar-refractivity contribution >= 4 is 0 Å². The first-order chi connectivity index (χ1) is 11.8. The van der Waals surface area contributed by atoms with Crippen LogP contribution in [-0.2, 0) is 11.2 Å². The Balaban J connectivity index is 2.09. The third-order valence-electron chi connectivity index (χ3n) is 4.29. The molecule has 0 aliphatic heterocycles. The van der Waals surface area contributed by atoms with Crippen molar-refractivity contribution in [2.45, 2.75) is 32.8 Å². The van der Waals surface area contributed by atoms with E-state index >= 15 is 0 Å². The summed E-state index contributed by atoms with van der Waals surface area (Å²) in [5, 5.41) is 0. The fourth-order valence-corrected chi connectivity index (χ4v) is 3.05. The summed E-state index contributed by atoms with van der Waals surface area (Å²) in [4.78, 5) is 0. The largest absolute Gasteiger partial charge is 0.369 e. The summed E-state index contributed by atoms with van der Waals surface area (Å²) in [6.07, 6.45) is 2.21. The molecule has 0 aromatic heterocycles. The summed E-state index contributed by atoms with van der Waals surface area (Å²) < 4.78 is 7.30. The lowest BCUT2D eigenvalue weighted by molar-refractivity contribution is -0.870. The number of quaternary nitrogens is 1. The Morgan fingerprint density at radius 3 is 2.00 bits per heavy atom. The van der Waals surface area contributed by atoms with Crippen molar-refractivity contribution in [1.29, 1.82) is 0 Å². The lowest BCUT2D eigenvalue weighted by atomic mass is 9.97. The van der Waals surface area contributed by atoms with Crippen LogP contribution < -0.4 is 0 Å². The number of hydrogen-bond acceptors (Lipinski definition) is 1. The van der Waals surface area contributed by atoms with Gasteiger partial charge in [-0.15, -0.1) is 0 Å². The molecule has 136 valence electrons. The molecule has 2 aromatic rings. The average molecular weight is 341 g/mol. The molecule has 0 fully saturated rings. The van der Waals surface area contributed by atoms with Crippen LogP contribution in [0.3, 0.4) is 0 Å². The van der Waals surface area contributed by atoms with Crippen LogP contribution in [0.15, 0.2) is 54.6 Å². The highest BCUT2D eigenvalue weighted by Gasteiger charge is 2.15. The molecule has 2 nitrogen and oxygen atoms in total. The first-order valence-corrected chi connectivity index (χ1v) is 9.41. The van der Waals surface area contributed by atoms with Gasteiger partial charge >= 0.3 is 0 Å². The second-order valence-electron chi connectivity index (χ2n) is 8.37. The van der Waals surface area contributed by atoms with Gasteiger partial charge in [0.05, 0.1) is 34.3 Å². The average Bonchev–Trinajstić information content (AvgIpc) is 2.55. The lowest BCUT2D eigenvalue weighted by Crippen LogP contribution is -2.35. The number of hydrogen-bond donors (Lipinski definition) is 0. The molecule has 1 atom stereocenters. The second kappa shape index (κ2) is 9.17. The van der Waals surface area contributed by atoms with E-state index in [0.29, 0.717) is 5.92 Å². The summed E-state index contributed by atoms with van der Waals surface area (Å²) in [6.45, 7) is 6.42. The van der Waals surface area contributed by atoms with Crippen LogP contribution >= 0.6 is 0 Å². The SMILES string of the molecule is CC(C)Cc1ccc([C@@H](OCCC[N+](C)(C)C)c2ccccc2)cc1. The molecule has 0 spiro atoms. The molecule has 0 heterocycles. The van der Waals surface area contributed by atoms with Crippen molar-refractivity contribution in [2.24, 2.45) is 5.92 Å². The van der Waals surface area contributed by atoms with E-state index in [1.54, 1.807) is 0 Å². The number of ether oxygens (including phenoxy) is 1. The summed E-state index contributed by atoms with van der Waals surface area (Å²) in [5.74, 6) is 0.683. The molecule has 2 rings (SSSR count). The molecule has 0 saturated heterocycles. The maximum atomic E-state index is 6.32. The van der Waals surface area contributed by atoms with Gasteiger partial charge in [0.2, 0.25) is 0 Å². The fourth-order valence-electron chi connectivity index (χ4n) is 3.05. The van der Waals surface area contributed by atoms with Crippen molar-refractivity contribution in [3.8, 4) is 0 Å². The van der Waals surface area contributed by atoms with Gasteiger partial charge in [-0.25, -0.2) is 0 Å². The van der Waals surface area contributed by atoms with Gasteiger partial charge in [0.1, 0.15) is 6.10 Å². The zero-order valence-corrected chi connectivity index (χ0v) is 16.5. The highest BCUT2D eigenvalue weighted by Crippen LogP contribution is 2.27. The predicted octanol–water partition coefficient (Wildman–Crippen LogP) is 5.09. The Hall–Kier alpha value is -1.64. The molecule has 2 heteroatoms. The van der Waals surface area contributed by atoms with Crippen molar-refractivity contribution < 1.29 is 9.22 Å². The minimum atomic E-state index is 0.0155. The first-order valence-electron chi connectivity index (χ1n) is 9.41. The van der Waals surface area contributed by atoms with Crippen molar-refractivity contribution in [3.63, 3.8) is 0 Å². The van der Waals surface area contributed by atoms with Crippen LogP contribution in [0.4, 0.5) is 0 Å². The van der Waals surface area contributed by atoms with E-state index in [1.165, 1.54) is 16.7 Å². The normalized spacial score (nSPS) is 13.2. The molecule has 0 aliphatic rings. The number of rotatable bonds is 9. The van der Waals surface area contributed by atoms with Crippen LogP contribution in [0, 0.1) is 5.92 Å². The highest BCUT2D eigenvalue weighted by atomic mass is 16.5. The Morgan fingerprint density at radius 2 is 1.44 bits per heavy atom. The van der Waals surface area contributed by atoms with Gasteiger partial charge in [-0.1, -0.05) is 68.4 Å². The topological polar surface area (TPSA) is 9.23 Å². The third kappa shape index (κ3) is 7.01. The zero-order chi connectivity index (χ0) is 18.3. The molecule has 0 radical (unpaired) electrons. The van der Waals surface area contributed by atoms with Gasteiger partial charge < -0.3 is 9.22 Å². The Bertz CT molecular complexity index is 611. The molecular weight excluding hydrogens is 306 g/mol. The van der Waals surface area contributed by atoms with Crippen molar-refractivity contribution in [1.82, 2.24) is 0 Å². The predicted molar refractivity (Wildman–Crippen MR) is 107 cm³/mol. The van der Waals surface area contributed by atoms with Gasteiger partial charge in [0.25, 0.3) is 0 Å². The maximum Gasteiger partial charge on any atom is 0.108 e. The van der Waals surface area contributed by atoms with Crippen LogP contribution in [0.25, 0.3) is 0 Å². The van der Waals surface area contributed by atoms with E-state index in [9.17, 15) is 0 Å². The number of benzene rings is 2. The van der Waals surface area contributed by atoms with Crippen molar-refractivity contribution in [2.75, 3.05) is 34.3 Å². The summed E-state index contributed by atoms with van der Waals surface area (Å²) in [5.41, 5.74) is 3.86. The van der Waals surface area contributed by atoms with Crippen LogP contribution in [-0.4, -0.2) is 38.8 Å². The van der Waals surface area contributed by atoms with E-state index in [4.69, 9.17) is 4.74 Å². The smallest absolute Gasteiger partial charge is 0.108 e. The first kappa shape index (κ1) is 19.7. The molecule has 0 N–H and O–H groups in total. The van der Waals surface area contributed by atoms with Crippen LogP contribution in [0.2, 0.25) is 0 Å². The van der Waals surface area contributed by atoms with E-state index < -0.39 is 0 Å². The monoisotopic (exact) mass is 340 g/mol. The Kier molecular flexibility index (Phi) is 7.22. The van der Waals surface area contributed by atoms with Gasteiger partial charge in [0.15, 0.2) is 0 Å². The fraction of sp³-hybridized carbons (Fsp3) is 0.478. The van der Waals surface area contributed by atoms with Gasteiger partial charge in [-0.2, -0.15) is 0 Å². The number of nitrogens with zero attached hydrogens (tertiary/aromatic N) is 1.